The van der Waals surface area contributed by atoms with Gasteiger partial charge in [0.2, 0.25) is 0 Å². The van der Waals surface area contributed by atoms with Gasteiger partial charge in [-0.25, -0.2) is 13.4 Å². The molecule has 2 rings (SSSR count). The summed E-state index contributed by atoms with van der Waals surface area (Å²) in [7, 11) is -3.59. The molecule has 5 nitrogen and oxygen atoms in total. The minimum atomic E-state index is -3.59. The van der Waals surface area contributed by atoms with Crippen LogP contribution in [0.3, 0.4) is 0 Å². The molecule has 0 radical (unpaired) electrons. The van der Waals surface area contributed by atoms with Crippen molar-refractivity contribution in [1.82, 2.24) is 4.98 Å². The lowest BCUT2D eigenvalue weighted by atomic mass is 10.2. The number of benzene rings is 1. The van der Waals surface area contributed by atoms with Gasteiger partial charge in [-0.1, -0.05) is 23.5 Å². The first-order chi connectivity index (χ1) is 8.51. The van der Waals surface area contributed by atoms with Crippen LogP contribution < -0.4 is 10.5 Å². The van der Waals surface area contributed by atoms with Crippen molar-refractivity contribution in [2.24, 2.45) is 5.73 Å². The number of nitrogens with one attached hydrogen (secondary N) is 1. The van der Waals surface area contributed by atoms with Crippen LogP contribution in [0, 0.1) is 0 Å². The van der Waals surface area contributed by atoms with Crippen molar-refractivity contribution in [1.29, 1.82) is 0 Å². The maximum atomic E-state index is 12.0. The molecule has 2 aromatic rings. The Morgan fingerprint density at radius 3 is 2.50 bits per heavy atom. The molecule has 0 saturated carbocycles. The highest BCUT2D eigenvalue weighted by molar-refractivity contribution is 9.11. The van der Waals surface area contributed by atoms with E-state index in [-0.39, 0.29) is 4.90 Å². The van der Waals surface area contributed by atoms with Gasteiger partial charge in [-0.3, -0.25) is 4.72 Å². The molecule has 1 heterocycles. The summed E-state index contributed by atoms with van der Waals surface area (Å²) in [6.45, 7) is 0.382. The zero-order valence-corrected chi connectivity index (χ0v) is 12.3. The average Bonchev–Trinajstić information content (AvgIpc) is 2.74. The quantitative estimate of drug-likeness (QED) is 0.887. The highest BCUT2D eigenvalue weighted by atomic mass is 79.9. The predicted octanol–water partition coefficient (Wildman–Crippen LogP) is 2.17. The molecule has 0 aliphatic heterocycles. The maximum absolute atomic E-state index is 12.0. The number of nitrogens with two attached hydrogens (primary N) is 1. The molecule has 0 saturated heterocycles. The molecule has 0 aliphatic rings. The van der Waals surface area contributed by atoms with Crippen LogP contribution in [0.2, 0.25) is 0 Å². The van der Waals surface area contributed by atoms with Crippen LogP contribution in [0.25, 0.3) is 0 Å². The largest absolute Gasteiger partial charge is 0.326 e. The van der Waals surface area contributed by atoms with Gasteiger partial charge in [0.15, 0.2) is 5.13 Å². The number of aromatic nitrogens is 1. The lowest BCUT2D eigenvalue weighted by Gasteiger charge is -2.05. The van der Waals surface area contributed by atoms with E-state index in [9.17, 15) is 8.42 Å². The Hall–Kier alpha value is -0.960. The van der Waals surface area contributed by atoms with Crippen LogP contribution in [0.5, 0.6) is 0 Å². The first kappa shape index (κ1) is 13.5. The Bertz CT molecular complexity index is 637. The standard InChI is InChI=1S/C10H10BrN3O2S2/c11-9-6-13-10(17-9)14-18(15,16)8-3-1-7(5-12)2-4-8/h1-4,6H,5,12H2,(H,13,14). The first-order valence-electron chi connectivity index (χ1n) is 4.94. The molecule has 1 aromatic heterocycles. The van der Waals surface area contributed by atoms with Crippen LogP contribution in [0.1, 0.15) is 5.56 Å². The second-order valence-corrected chi connectivity index (χ2v) is 7.52. The first-order valence-corrected chi connectivity index (χ1v) is 8.04. The average molecular weight is 348 g/mol. The van der Waals surface area contributed by atoms with E-state index in [2.05, 4.69) is 25.6 Å². The lowest BCUT2D eigenvalue weighted by molar-refractivity contribution is 0.601. The molecule has 18 heavy (non-hydrogen) atoms. The number of halogens is 1. The summed E-state index contributed by atoms with van der Waals surface area (Å²) in [6.07, 6.45) is 1.54. The lowest BCUT2D eigenvalue weighted by Crippen LogP contribution is -2.12. The van der Waals surface area contributed by atoms with Gasteiger partial charge < -0.3 is 5.73 Å². The van der Waals surface area contributed by atoms with E-state index in [0.29, 0.717) is 11.7 Å². The van der Waals surface area contributed by atoms with Gasteiger partial charge in [-0.15, -0.1) is 0 Å². The van der Waals surface area contributed by atoms with E-state index in [1.54, 1.807) is 18.3 Å². The number of thiazole rings is 1. The van der Waals surface area contributed by atoms with Gasteiger partial charge in [0.25, 0.3) is 10.0 Å². The Labute approximate surface area is 117 Å². The summed E-state index contributed by atoms with van der Waals surface area (Å²) in [5, 5.41) is 0.324. The smallest absolute Gasteiger partial charge is 0.263 e. The monoisotopic (exact) mass is 347 g/mol. The van der Waals surface area contributed by atoms with Crippen molar-refractivity contribution in [2.45, 2.75) is 11.4 Å². The molecule has 0 amide bonds. The predicted molar refractivity (Wildman–Crippen MR) is 75.0 cm³/mol. The Morgan fingerprint density at radius 1 is 1.33 bits per heavy atom. The third-order valence-electron chi connectivity index (χ3n) is 2.17. The van der Waals surface area contributed by atoms with E-state index in [4.69, 9.17) is 5.73 Å². The van der Waals surface area contributed by atoms with Crippen molar-refractivity contribution in [3.8, 4) is 0 Å². The highest BCUT2D eigenvalue weighted by Gasteiger charge is 2.15. The summed E-state index contributed by atoms with van der Waals surface area (Å²) in [4.78, 5) is 4.11. The van der Waals surface area contributed by atoms with Gasteiger partial charge in [0.1, 0.15) is 0 Å². The molecular weight excluding hydrogens is 338 g/mol. The third-order valence-corrected chi connectivity index (χ3v) is 5.04. The van der Waals surface area contributed by atoms with Gasteiger partial charge in [-0.05, 0) is 33.6 Å². The number of rotatable bonds is 4. The van der Waals surface area contributed by atoms with Crippen LogP contribution in [0.4, 0.5) is 5.13 Å². The van der Waals surface area contributed by atoms with E-state index < -0.39 is 10.0 Å². The Kier molecular flexibility index (Phi) is 4.00. The van der Waals surface area contributed by atoms with Crippen molar-refractivity contribution < 1.29 is 8.42 Å². The molecule has 0 aliphatic carbocycles. The minimum absolute atomic E-state index is 0.186. The Balaban J connectivity index is 2.24. The normalized spacial score (nSPS) is 11.4. The molecule has 3 N–H and O–H groups in total. The highest BCUT2D eigenvalue weighted by Crippen LogP contribution is 2.25. The fraction of sp³-hybridized carbons (Fsp3) is 0.100. The number of hydrogen-bond donors (Lipinski definition) is 2. The second-order valence-electron chi connectivity index (χ2n) is 3.42. The summed E-state index contributed by atoms with van der Waals surface area (Å²) in [5.74, 6) is 0. The molecule has 0 bridgehead atoms. The van der Waals surface area contributed by atoms with Crippen molar-refractivity contribution in [2.75, 3.05) is 4.72 Å². The SMILES string of the molecule is NCc1ccc(S(=O)(=O)Nc2ncc(Br)s2)cc1. The number of nitrogens with zero attached hydrogens (tertiary/aromatic N) is 1. The molecule has 8 heteroatoms. The molecule has 0 spiro atoms. The molecule has 1 aromatic carbocycles. The topological polar surface area (TPSA) is 85.1 Å². The summed E-state index contributed by atoms with van der Waals surface area (Å²) in [5.41, 5.74) is 6.34. The van der Waals surface area contributed by atoms with Gasteiger partial charge in [0, 0.05) is 6.54 Å². The van der Waals surface area contributed by atoms with Crippen LogP contribution >= 0.6 is 27.3 Å². The van der Waals surface area contributed by atoms with E-state index in [1.807, 2.05) is 0 Å². The third kappa shape index (κ3) is 3.08. The van der Waals surface area contributed by atoms with Crippen molar-refractivity contribution >= 4 is 42.4 Å². The zero-order chi connectivity index (χ0) is 13.2. The van der Waals surface area contributed by atoms with E-state index in [0.717, 1.165) is 9.35 Å². The van der Waals surface area contributed by atoms with E-state index >= 15 is 0 Å². The fourth-order valence-electron chi connectivity index (χ4n) is 1.28. The number of hydrogen-bond acceptors (Lipinski definition) is 5. The Morgan fingerprint density at radius 2 is 2.00 bits per heavy atom. The number of anilines is 1. The molecule has 96 valence electrons. The molecule has 0 atom stereocenters. The van der Waals surface area contributed by atoms with Crippen LogP contribution in [0.15, 0.2) is 39.1 Å². The molecular formula is C10H10BrN3O2S2. The maximum Gasteiger partial charge on any atom is 0.263 e. The van der Waals surface area contributed by atoms with Crippen LogP contribution in [-0.2, 0) is 16.6 Å². The molecule has 0 unspecified atom stereocenters. The van der Waals surface area contributed by atoms with Gasteiger partial charge in [-0.2, -0.15) is 0 Å². The fourth-order valence-corrected chi connectivity index (χ4v) is 3.63. The summed E-state index contributed by atoms with van der Waals surface area (Å²) in [6, 6.07) is 6.42. The van der Waals surface area contributed by atoms with Gasteiger partial charge in [0.05, 0.1) is 14.9 Å². The number of sulfonamides is 1. The second kappa shape index (κ2) is 5.35. The zero-order valence-electron chi connectivity index (χ0n) is 9.13. The minimum Gasteiger partial charge on any atom is -0.326 e. The summed E-state index contributed by atoms with van der Waals surface area (Å²) < 4.78 is 27.2. The van der Waals surface area contributed by atoms with Crippen molar-refractivity contribution in [3.63, 3.8) is 0 Å². The van der Waals surface area contributed by atoms with Crippen LogP contribution in [-0.4, -0.2) is 13.4 Å². The molecule has 0 fully saturated rings. The van der Waals surface area contributed by atoms with Gasteiger partial charge >= 0.3 is 0 Å². The summed E-state index contributed by atoms with van der Waals surface area (Å²) >= 11 is 4.43. The van der Waals surface area contributed by atoms with Crippen molar-refractivity contribution in [3.05, 3.63) is 39.8 Å². The van der Waals surface area contributed by atoms with E-state index in [1.165, 1.54) is 23.5 Å².